The number of aromatic nitrogens is 4. The number of imidazole rings is 2. The second-order valence-corrected chi connectivity index (χ2v) is 11.6. The van der Waals surface area contributed by atoms with Gasteiger partial charge in [0.1, 0.15) is 17.1 Å². The Morgan fingerprint density at radius 3 is 2.45 bits per heavy atom. The average molecular weight is 543 g/mol. The van der Waals surface area contributed by atoms with Gasteiger partial charge in [-0.2, -0.15) is 0 Å². The molecule has 9 nitrogen and oxygen atoms in total. The Balaban J connectivity index is 1.22. The molecule has 0 spiro atoms. The molecule has 4 aromatic rings. The quantitative estimate of drug-likeness (QED) is 0.228. The van der Waals surface area contributed by atoms with Crippen molar-refractivity contribution in [2.45, 2.75) is 64.5 Å². The molecule has 1 saturated carbocycles. The van der Waals surface area contributed by atoms with Gasteiger partial charge in [-0.3, -0.25) is 4.79 Å². The lowest BCUT2D eigenvalue weighted by Crippen LogP contribution is -2.39. The number of fused-ring (bicyclic) bond motifs is 1. The number of aromatic amines is 2. The number of amides is 2. The van der Waals surface area contributed by atoms with Crippen LogP contribution in [0.5, 0.6) is 0 Å². The number of carbonyl (C=O) groups excluding carboxylic acids is 2. The standard InChI is InChI=1S/C31H38N6O3/c1-31(2,3)40-30(39)33-18-21-13-15-22(16-14-21)29(38)37-25(17-20-9-5-4-6-10-20)27-32-19-26(36-27)28-34-23-11-7-8-12-24(23)35-28/h4-12,19,21-22,25H,13-18H2,1-3H3,(H,32,36)(H,33,39)(H,34,35)(H,37,38). The van der Waals surface area contributed by atoms with Crippen LogP contribution in [0.3, 0.4) is 0 Å². The maximum Gasteiger partial charge on any atom is 0.407 e. The summed E-state index contributed by atoms with van der Waals surface area (Å²) < 4.78 is 5.34. The van der Waals surface area contributed by atoms with Gasteiger partial charge in [0.2, 0.25) is 5.91 Å². The lowest BCUT2D eigenvalue weighted by Gasteiger charge is -2.29. The van der Waals surface area contributed by atoms with E-state index < -0.39 is 11.7 Å². The summed E-state index contributed by atoms with van der Waals surface area (Å²) in [6.45, 7) is 6.12. The fourth-order valence-corrected chi connectivity index (χ4v) is 5.24. The Morgan fingerprint density at radius 1 is 1.00 bits per heavy atom. The summed E-state index contributed by atoms with van der Waals surface area (Å²) in [6, 6.07) is 17.7. The maximum absolute atomic E-state index is 13.4. The van der Waals surface area contributed by atoms with Crippen molar-refractivity contribution in [1.29, 1.82) is 0 Å². The third-order valence-corrected chi connectivity index (χ3v) is 7.32. The Kier molecular flexibility index (Phi) is 8.19. The van der Waals surface area contributed by atoms with Crippen LogP contribution < -0.4 is 10.6 Å². The monoisotopic (exact) mass is 542 g/mol. The summed E-state index contributed by atoms with van der Waals surface area (Å²) in [4.78, 5) is 41.5. The van der Waals surface area contributed by atoms with E-state index >= 15 is 0 Å². The number of H-pyrrole nitrogens is 2. The molecule has 2 aromatic carbocycles. The second kappa shape index (κ2) is 11.9. The molecule has 1 aliphatic rings. The molecule has 0 radical (unpaired) electrons. The summed E-state index contributed by atoms with van der Waals surface area (Å²) in [7, 11) is 0. The van der Waals surface area contributed by atoms with Crippen LogP contribution >= 0.6 is 0 Å². The van der Waals surface area contributed by atoms with Gasteiger partial charge in [0.15, 0.2) is 5.82 Å². The number of hydrogen-bond donors (Lipinski definition) is 4. The molecular formula is C31H38N6O3. The van der Waals surface area contributed by atoms with E-state index in [0.717, 1.165) is 48.0 Å². The maximum atomic E-state index is 13.4. The van der Waals surface area contributed by atoms with Crippen LogP contribution in [0.25, 0.3) is 22.6 Å². The molecule has 5 rings (SSSR count). The van der Waals surface area contributed by atoms with Gasteiger partial charge in [0.05, 0.1) is 23.3 Å². The smallest absolute Gasteiger partial charge is 0.407 e. The van der Waals surface area contributed by atoms with Crippen LogP contribution in [-0.4, -0.2) is 44.1 Å². The molecule has 210 valence electrons. The molecule has 0 saturated heterocycles. The highest BCUT2D eigenvalue weighted by Crippen LogP contribution is 2.30. The molecule has 2 amide bonds. The minimum Gasteiger partial charge on any atom is -0.444 e. The van der Waals surface area contributed by atoms with E-state index in [4.69, 9.17) is 4.74 Å². The van der Waals surface area contributed by atoms with Gasteiger partial charge in [0.25, 0.3) is 0 Å². The van der Waals surface area contributed by atoms with Crippen molar-refractivity contribution < 1.29 is 14.3 Å². The zero-order valence-electron chi connectivity index (χ0n) is 23.4. The zero-order chi connectivity index (χ0) is 28.1. The Bertz CT molecular complexity index is 1400. The first kappa shape index (κ1) is 27.4. The second-order valence-electron chi connectivity index (χ2n) is 11.6. The van der Waals surface area contributed by atoms with Crippen molar-refractivity contribution in [3.63, 3.8) is 0 Å². The lowest BCUT2D eigenvalue weighted by atomic mass is 9.81. The van der Waals surface area contributed by atoms with Crippen LogP contribution in [0.1, 0.15) is 63.9 Å². The third-order valence-electron chi connectivity index (χ3n) is 7.32. The van der Waals surface area contributed by atoms with Crippen LogP contribution in [0.2, 0.25) is 0 Å². The highest BCUT2D eigenvalue weighted by Gasteiger charge is 2.29. The molecule has 2 aromatic heterocycles. The number of nitrogens with one attached hydrogen (secondary N) is 4. The van der Waals surface area contributed by atoms with Gasteiger partial charge in [0, 0.05) is 12.5 Å². The number of ether oxygens (including phenoxy) is 1. The largest absolute Gasteiger partial charge is 0.444 e. The summed E-state index contributed by atoms with van der Waals surface area (Å²) in [5, 5.41) is 6.16. The molecular weight excluding hydrogens is 504 g/mol. The number of alkyl carbamates (subject to hydrolysis) is 1. The summed E-state index contributed by atoms with van der Waals surface area (Å²) >= 11 is 0. The van der Waals surface area contributed by atoms with Gasteiger partial charge in [-0.15, -0.1) is 0 Å². The van der Waals surface area contributed by atoms with Crippen molar-refractivity contribution in [2.75, 3.05) is 6.54 Å². The van der Waals surface area contributed by atoms with Gasteiger partial charge >= 0.3 is 6.09 Å². The van der Waals surface area contributed by atoms with Gasteiger partial charge < -0.3 is 25.3 Å². The Labute approximate surface area is 234 Å². The summed E-state index contributed by atoms with van der Waals surface area (Å²) in [6.07, 6.45) is 5.33. The molecule has 4 N–H and O–H groups in total. The SMILES string of the molecule is CC(C)(C)OC(=O)NCC1CCC(C(=O)NC(Cc2ccccc2)c2ncc(-c3nc4ccccc4[nH]3)[nH]2)CC1. The molecule has 1 unspecified atom stereocenters. The highest BCUT2D eigenvalue weighted by atomic mass is 16.6. The minimum absolute atomic E-state index is 0.0427. The molecule has 0 bridgehead atoms. The van der Waals surface area contributed by atoms with Crippen LogP contribution in [0, 0.1) is 11.8 Å². The van der Waals surface area contributed by atoms with E-state index in [-0.39, 0.29) is 17.9 Å². The van der Waals surface area contributed by atoms with Crippen molar-refractivity contribution in [1.82, 2.24) is 30.6 Å². The number of carbonyl (C=O) groups is 2. The van der Waals surface area contributed by atoms with Gasteiger partial charge in [-0.25, -0.2) is 14.8 Å². The number of hydrogen-bond acceptors (Lipinski definition) is 5. The topological polar surface area (TPSA) is 125 Å². The summed E-state index contributed by atoms with van der Waals surface area (Å²) in [5.74, 6) is 1.72. The predicted octanol–water partition coefficient (Wildman–Crippen LogP) is 5.68. The number of nitrogens with zero attached hydrogens (tertiary/aromatic N) is 2. The van der Waals surface area contributed by atoms with E-state index in [0.29, 0.717) is 30.5 Å². The van der Waals surface area contributed by atoms with E-state index in [1.807, 2.05) is 63.2 Å². The molecule has 1 fully saturated rings. The fraction of sp³-hybridized carbons (Fsp3) is 0.419. The van der Waals surface area contributed by atoms with Crippen molar-refractivity contribution in [3.05, 3.63) is 72.2 Å². The van der Waals surface area contributed by atoms with Gasteiger partial charge in [-0.1, -0.05) is 42.5 Å². The third kappa shape index (κ3) is 7.08. The fourth-order valence-electron chi connectivity index (χ4n) is 5.24. The number of rotatable bonds is 8. The Morgan fingerprint density at radius 2 is 1.73 bits per heavy atom. The first-order valence-electron chi connectivity index (χ1n) is 14.0. The van der Waals surface area contributed by atoms with E-state index in [1.165, 1.54) is 0 Å². The van der Waals surface area contributed by atoms with E-state index in [9.17, 15) is 9.59 Å². The summed E-state index contributed by atoms with van der Waals surface area (Å²) in [5.41, 5.74) is 3.22. The van der Waals surface area contributed by atoms with Crippen molar-refractivity contribution >= 4 is 23.0 Å². The van der Waals surface area contributed by atoms with E-state index in [2.05, 4.69) is 42.7 Å². The predicted molar refractivity (Wildman–Crippen MR) is 154 cm³/mol. The molecule has 40 heavy (non-hydrogen) atoms. The molecule has 2 heterocycles. The zero-order valence-corrected chi connectivity index (χ0v) is 23.4. The van der Waals surface area contributed by atoms with E-state index in [1.54, 1.807) is 6.20 Å². The average Bonchev–Trinajstić information content (AvgIpc) is 3.59. The minimum atomic E-state index is -0.517. The Hall–Kier alpha value is -4.14. The van der Waals surface area contributed by atoms with Crippen molar-refractivity contribution in [2.24, 2.45) is 11.8 Å². The molecule has 1 atom stereocenters. The number of para-hydroxylation sites is 2. The molecule has 1 aliphatic carbocycles. The lowest BCUT2D eigenvalue weighted by molar-refractivity contribution is -0.127. The number of benzene rings is 2. The van der Waals surface area contributed by atoms with Crippen LogP contribution in [0.4, 0.5) is 4.79 Å². The van der Waals surface area contributed by atoms with Gasteiger partial charge in [-0.05, 0) is 76.5 Å². The van der Waals surface area contributed by atoms with Crippen LogP contribution in [0.15, 0.2) is 60.8 Å². The highest BCUT2D eigenvalue weighted by molar-refractivity contribution is 5.79. The first-order chi connectivity index (χ1) is 19.2. The molecule has 0 aliphatic heterocycles. The first-order valence-corrected chi connectivity index (χ1v) is 14.0. The molecule has 9 heteroatoms. The normalized spacial score (nSPS) is 18.3. The van der Waals surface area contributed by atoms with Crippen LogP contribution in [-0.2, 0) is 16.0 Å². The van der Waals surface area contributed by atoms with Crippen molar-refractivity contribution in [3.8, 4) is 11.5 Å².